The number of aliphatic hydroxyl groups excluding tert-OH is 1. The third-order valence-corrected chi connectivity index (χ3v) is 4.30. The summed E-state index contributed by atoms with van der Waals surface area (Å²) < 4.78 is 0. The Labute approximate surface area is 125 Å². The molecule has 2 unspecified atom stereocenters. The van der Waals surface area contributed by atoms with Crippen molar-refractivity contribution in [2.24, 2.45) is 5.92 Å². The van der Waals surface area contributed by atoms with E-state index >= 15 is 0 Å². The molecule has 0 saturated carbocycles. The maximum Gasteiger partial charge on any atom is 0.256 e. The van der Waals surface area contributed by atoms with Gasteiger partial charge in [-0.05, 0) is 24.5 Å². The number of carbonyl (C=O) groups is 2. The van der Waals surface area contributed by atoms with Crippen molar-refractivity contribution in [1.82, 2.24) is 4.90 Å². The summed E-state index contributed by atoms with van der Waals surface area (Å²) in [5, 5.41) is 9.51. The summed E-state index contributed by atoms with van der Waals surface area (Å²) in [5.74, 6) is 0.0440. The Balaban J connectivity index is 2.34. The third kappa shape index (κ3) is 2.93. The lowest BCUT2D eigenvalue weighted by molar-refractivity contribution is -0.116. The fraction of sp³-hybridized carbons (Fsp3) is 0.500. The number of nitrogens with zero attached hydrogens (tertiary/aromatic N) is 2. The van der Waals surface area contributed by atoms with Gasteiger partial charge in [0.1, 0.15) is 0 Å². The molecule has 0 spiro atoms. The van der Waals surface area contributed by atoms with Crippen LogP contribution in [0.2, 0.25) is 0 Å². The second-order valence-corrected chi connectivity index (χ2v) is 5.61. The zero-order valence-corrected chi connectivity index (χ0v) is 12.7. The molecule has 1 aliphatic heterocycles. The van der Waals surface area contributed by atoms with E-state index in [0.29, 0.717) is 17.8 Å². The monoisotopic (exact) mass is 290 g/mol. The van der Waals surface area contributed by atoms with E-state index in [9.17, 15) is 14.7 Å². The summed E-state index contributed by atoms with van der Waals surface area (Å²) in [6.07, 6.45) is 0.891. The minimum absolute atomic E-state index is 0.0301. The van der Waals surface area contributed by atoms with Gasteiger partial charge in [-0.2, -0.15) is 0 Å². The van der Waals surface area contributed by atoms with E-state index in [1.807, 2.05) is 13.0 Å². The number of para-hydroxylation sites is 1. The number of likely N-dealkylation sites (tertiary alicyclic amines) is 1. The molecular weight excluding hydrogens is 268 g/mol. The highest BCUT2D eigenvalue weighted by molar-refractivity contribution is 6.04. The summed E-state index contributed by atoms with van der Waals surface area (Å²) in [6.45, 7) is 4.12. The molecule has 1 heterocycles. The highest BCUT2D eigenvalue weighted by Crippen LogP contribution is 2.28. The summed E-state index contributed by atoms with van der Waals surface area (Å²) in [5.41, 5.74) is 1.11. The van der Waals surface area contributed by atoms with Gasteiger partial charge in [0.2, 0.25) is 5.91 Å². The van der Waals surface area contributed by atoms with E-state index in [1.54, 1.807) is 30.1 Å². The number of benzene rings is 1. The first-order valence-electron chi connectivity index (χ1n) is 7.22. The predicted octanol–water partition coefficient (Wildman–Crippen LogP) is 1.51. The van der Waals surface area contributed by atoms with Gasteiger partial charge in [-0.25, -0.2) is 0 Å². The van der Waals surface area contributed by atoms with Crippen molar-refractivity contribution in [3.05, 3.63) is 29.8 Å². The van der Waals surface area contributed by atoms with E-state index in [1.165, 1.54) is 11.8 Å². The van der Waals surface area contributed by atoms with Gasteiger partial charge < -0.3 is 14.9 Å². The van der Waals surface area contributed by atoms with Gasteiger partial charge in [0.15, 0.2) is 0 Å². The molecule has 114 valence electrons. The van der Waals surface area contributed by atoms with Gasteiger partial charge in [0.25, 0.3) is 5.91 Å². The molecule has 5 heteroatoms. The number of hydrogen-bond donors (Lipinski definition) is 1. The van der Waals surface area contributed by atoms with Gasteiger partial charge >= 0.3 is 0 Å². The van der Waals surface area contributed by atoms with Crippen LogP contribution in [0.15, 0.2) is 24.3 Å². The lowest BCUT2D eigenvalue weighted by atomic mass is 10.0. The van der Waals surface area contributed by atoms with Crippen molar-refractivity contribution in [3.8, 4) is 0 Å². The second-order valence-electron chi connectivity index (χ2n) is 5.61. The predicted molar refractivity (Wildman–Crippen MR) is 81.2 cm³/mol. The van der Waals surface area contributed by atoms with Gasteiger partial charge in [-0.3, -0.25) is 9.59 Å². The maximum atomic E-state index is 12.8. The Morgan fingerprint density at radius 3 is 2.67 bits per heavy atom. The highest BCUT2D eigenvalue weighted by atomic mass is 16.3. The number of hydrogen-bond acceptors (Lipinski definition) is 3. The summed E-state index contributed by atoms with van der Waals surface area (Å²) in [7, 11) is 1.66. The fourth-order valence-electron chi connectivity index (χ4n) is 2.81. The van der Waals surface area contributed by atoms with Crippen LogP contribution in [0, 0.1) is 5.92 Å². The van der Waals surface area contributed by atoms with Crippen LogP contribution in [-0.4, -0.2) is 48.1 Å². The Morgan fingerprint density at radius 1 is 1.38 bits per heavy atom. The standard InChI is InChI=1S/C16H22N2O3/c1-11-8-9-18(15(11)10-19)16(21)13-6-4-5-7-14(13)17(3)12(2)20/h4-7,11,15,19H,8-10H2,1-3H3. The van der Waals surface area contributed by atoms with Crippen LogP contribution < -0.4 is 4.90 Å². The quantitative estimate of drug-likeness (QED) is 0.918. The smallest absolute Gasteiger partial charge is 0.256 e. The van der Waals surface area contributed by atoms with Crippen molar-refractivity contribution in [2.75, 3.05) is 25.1 Å². The Bertz CT molecular complexity index is 544. The van der Waals surface area contributed by atoms with Crippen LogP contribution >= 0.6 is 0 Å². The Morgan fingerprint density at radius 2 is 2.05 bits per heavy atom. The normalized spacial score (nSPS) is 21.4. The average Bonchev–Trinajstić information content (AvgIpc) is 2.86. The van der Waals surface area contributed by atoms with E-state index in [0.717, 1.165) is 6.42 Å². The van der Waals surface area contributed by atoms with Gasteiger partial charge in [-0.15, -0.1) is 0 Å². The lowest BCUT2D eigenvalue weighted by Gasteiger charge is -2.27. The molecule has 1 aliphatic rings. The number of amides is 2. The molecule has 2 rings (SSSR count). The van der Waals surface area contributed by atoms with Crippen LogP contribution in [0.25, 0.3) is 0 Å². The van der Waals surface area contributed by atoms with Crippen LogP contribution in [-0.2, 0) is 4.79 Å². The van der Waals surface area contributed by atoms with Crippen molar-refractivity contribution in [2.45, 2.75) is 26.3 Å². The van der Waals surface area contributed by atoms with E-state index < -0.39 is 0 Å². The van der Waals surface area contributed by atoms with Crippen molar-refractivity contribution in [3.63, 3.8) is 0 Å². The Kier molecular flexibility index (Phi) is 4.63. The SMILES string of the molecule is CC(=O)N(C)c1ccccc1C(=O)N1CCC(C)C1CO. The largest absolute Gasteiger partial charge is 0.394 e. The molecular formula is C16H22N2O3. The maximum absolute atomic E-state index is 12.8. The highest BCUT2D eigenvalue weighted by Gasteiger charge is 2.35. The van der Waals surface area contributed by atoms with Crippen LogP contribution in [0.1, 0.15) is 30.6 Å². The molecule has 1 aromatic rings. The lowest BCUT2D eigenvalue weighted by Crippen LogP contribution is -2.40. The van der Waals surface area contributed by atoms with Crippen LogP contribution in [0.4, 0.5) is 5.69 Å². The topological polar surface area (TPSA) is 60.9 Å². The first kappa shape index (κ1) is 15.5. The third-order valence-electron chi connectivity index (χ3n) is 4.30. The minimum atomic E-state index is -0.145. The first-order valence-corrected chi connectivity index (χ1v) is 7.22. The Hall–Kier alpha value is -1.88. The van der Waals surface area contributed by atoms with Crippen molar-refractivity contribution >= 4 is 17.5 Å². The molecule has 0 aliphatic carbocycles. The fourth-order valence-corrected chi connectivity index (χ4v) is 2.81. The molecule has 0 radical (unpaired) electrons. The molecule has 2 amide bonds. The van der Waals surface area contributed by atoms with Crippen molar-refractivity contribution in [1.29, 1.82) is 0 Å². The molecule has 5 nitrogen and oxygen atoms in total. The van der Waals surface area contributed by atoms with E-state index in [2.05, 4.69) is 0 Å². The van der Waals surface area contributed by atoms with E-state index in [4.69, 9.17) is 0 Å². The van der Waals surface area contributed by atoms with Gasteiger partial charge in [0, 0.05) is 20.5 Å². The number of anilines is 1. The molecule has 2 atom stereocenters. The number of rotatable bonds is 3. The van der Waals surface area contributed by atoms with Crippen molar-refractivity contribution < 1.29 is 14.7 Å². The molecule has 1 saturated heterocycles. The van der Waals surface area contributed by atoms with Gasteiger partial charge in [-0.1, -0.05) is 19.1 Å². The summed E-state index contributed by atoms with van der Waals surface area (Å²) in [4.78, 5) is 27.6. The number of carbonyl (C=O) groups excluding carboxylic acids is 2. The summed E-state index contributed by atoms with van der Waals surface area (Å²) >= 11 is 0. The molecule has 1 fully saturated rings. The molecule has 21 heavy (non-hydrogen) atoms. The zero-order chi connectivity index (χ0) is 15.6. The molecule has 1 aromatic carbocycles. The average molecular weight is 290 g/mol. The number of aliphatic hydroxyl groups is 1. The van der Waals surface area contributed by atoms with Crippen LogP contribution in [0.3, 0.4) is 0 Å². The second kappa shape index (κ2) is 6.26. The molecule has 1 N–H and O–H groups in total. The zero-order valence-electron chi connectivity index (χ0n) is 12.7. The first-order chi connectivity index (χ1) is 9.97. The van der Waals surface area contributed by atoms with Crippen LogP contribution in [0.5, 0.6) is 0 Å². The minimum Gasteiger partial charge on any atom is -0.394 e. The molecule has 0 aromatic heterocycles. The van der Waals surface area contributed by atoms with Gasteiger partial charge in [0.05, 0.1) is 23.9 Å². The molecule has 0 bridgehead atoms. The summed E-state index contributed by atoms with van der Waals surface area (Å²) in [6, 6.07) is 6.95. The van der Waals surface area contributed by atoms with E-state index in [-0.39, 0.29) is 30.4 Å².